The van der Waals surface area contributed by atoms with Crippen molar-refractivity contribution in [3.05, 3.63) is 48.7 Å². The summed E-state index contributed by atoms with van der Waals surface area (Å²) in [5.41, 5.74) is 2.56. The summed E-state index contributed by atoms with van der Waals surface area (Å²) in [6, 6.07) is 14.9. The lowest BCUT2D eigenvalue weighted by Gasteiger charge is -2.21. The number of aryl methyl sites for hydroxylation is 1. The molecule has 0 unspecified atom stereocenters. The second-order valence-electron chi connectivity index (χ2n) is 4.77. The third-order valence-corrected chi connectivity index (χ3v) is 3.73. The molecular weight excluding hydrogens is 222 g/mol. The molecule has 3 heteroatoms. The van der Waals surface area contributed by atoms with E-state index in [0.29, 0.717) is 6.17 Å². The van der Waals surface area contributed by atoms with E-state index in [-0.39, 0.29) is 0 Å². The predicted molar refractivity (Wildman–Crippen MR) is 74.1 cm³/mol. The number of rotatable bonds is 1. The van der Waals surface area contributed by atoms with Crippen LogP contribution < -0.4 is 14.4 Å². The number of fused-ring (bicyclic) bond motifs is 1. The van der Waals surface area contributed by atoms with Crippen LogP contribution in [0.1, 0.15) is 6.92 Å². The minimum atomic E-state index is 0.330. The summed E-state index contributed by atoms with van der Waals surface area (Å²) in [6.07, 6.45) is 2.42. The molecule has 3 rings (SSSR count). The fourth-order valence-corrected chi connectivity index (χ4v) is 2.62. The SMILES string of the molecule is C[C@@H]1N(C)c2ccccc2N1c1cccc[n+]1C. The molecule has 0 saturated heterocycles. The summed E-state index contributed by atoms with van der Waals surface area (Å²) in [6.45, 7) is 2.23. The number of benzene rings is 1. The highest BCUT2D eigenvalue weighted by Gasteiger charge is 2.38. The van der Waals surface area contributed by atoms with Gasteiger partial charge >= 0.3 is 0 Å². The van der Waals surface area contributed by atoms with E-state index in [1.54, 1.807) is 0 Å². The van der Waals surface area contributed by atoms with E-state index in [0.717, 1.165) is 0 Å². The van der Waals surface area contributed by atoms with Gasteiger partial charge in [-0.1, -0.05) is 18.2 Å². The van der Waals surface area contributed by atoms with Crippen molar-refractivity contribution in [1.29, 1.82) is 0 Å². The van der Waals surface area contributed by atoms with Crippen LogP contribution in [0.25, 0.3) is 0 Å². The van der Waals surface area contributed by atoms with Gasteiger partial charge in [-0.3, -0.25) is 0 Å². The lowest BCUT2D eigenvalue weighted by atomic mass is 10.2. The van der Waals surface area contributed by atoms with Gasteiger partial charge < -0.3 is 4.90 Å². The average Bonchev–Trinajstić information content (AvgIpc) is 2.64. The molecule has 0 amide bonds. The number of anilines is 3. The summed E-state index contributed by atoms with van der Waals surface area (Å²) >= 11 is 0. The van der Waals surface area contributed by atoms with Gasteiger partial charge in [0, 0.05) is 13.1 Å². The molecule has 2 heterocycles. The van der Waals surface area contributed by atoms with Crippen molar-refractivity contribution in [1.82, 2.24) is 0 Å². The fraction of sp³-hybridized carbons (Fsp3) is 0.267. The van der Waals surface area contributed by atoms with Gasteiger partial charge in [-0.2, -0.15) is 0 Å². The summed E-state index contributed by atoms with van der Waals surface area (Å²) in [5, 5.41) is 0. The number of hydrogen-bond donors (Lipinski definition) is 0. The largest absolute Gasteiger partial charge is 0.333 e. The minimum absolute atomic E-state index is 0.330. The average molecular weight is 240 g/mol. The first-order valence-corrected chi connectivity index (χ1v) is 6.26. The zero-order valence-corrected chi connectivity index (χ0v) is 11.0. The Labute approximate surface area is 108 Å². The Morgan fingerprint density at radius 3 is 2.39 bits per heavy atom. The van der Waals surface area contributed by atoms with Crippen molar-refractivity contribution in [3.63, 3.8) is 0 Å². The van der Waals surface area contributed by atoms with Crippen LogP contribution in [-0.4, -0.2) is 13.2 Å². The fourth-order valence-electron chi connectivity index (χ4n) is 2.62. The van der Waals surface area contributed by atoms with Gasteiger partial charge in [0.05, 0.1) is 18.9 Å². The molecule has 18 heavy (non-hydrogen) atoms. The van der Waals surface area contributed by atoms with Crippen molar-refractivity contribution >= 4 is 17.2 Å². The number of hydrogen-bond acceptors (Lipinski definition) is 2. The Balaban J connectivity index is 2.16. The van der Waals surface area contributed by atoms with Crippen molar-refractivity contribution in [2.45, 2.75) is 13.1 Å². The zero-order valence-electron chi connectivity index (χ0n) is 11.0. The molecule has 1 atom stereocenters. The summed E-state index contributed by atoms with van der Waals surface area (Å²) in [5.74, 6) is 1.21. The molecule has 3 nitrogen and oxygen atoms in total. The summed E-state index contributed by atoms with van der Waals surface area (Å²) in [4.78, 5) is 4.68. The Bertz CT molecular complexity index is 579. The summed E-state index contributed by atoms with van der Waals surface area (Å²) < 4.78 is 2.16. The first-order valence-electron chi connectivity index (χ1n) is 6.26. The Morgan fingerprint density at radius 1 is 1.00 bits per heavy atom. The monoisotopic (exact) mass is 240 g/mol. The first-order chi connectivity index (χ1) is 8.70. The van der Waals surface area contributed by atoms with E-state index in [1.165, 1.54) is 17.2 Å². The molecule has 0 aliphatic carbocycles. The molecule has 1 aliphatic heterocycles. The Morgan fingerprint density at radius 2 is 1.67 bits per heavy atom. The van der Waals surface area contributed by atoms with Gasteiger partial charge in [0.25, 0.3) is 5.82 Å². The molecular formula is C15H18N3+. The normalized spacial score (nSPS) is 18.1. The number of para-hydroxylation sites is 2. The summed E-state index contributed by atoms with van der Waals surface area (Å²) in [7, 11) is 4.23. The van der Waals surface area contributed by atoms with Crippen LogP contribution in [-0.2, 0) is 7.05 Å². The van der Waals surface area contributed by atoms with E-state index in [1.807, 2.05) is 0 Å². The second-order valence-corrected chi connectivity index (χ2v) is 4.77. The maximum absolute atomic E-state index is 2.37. The smallest absolute Gasteiger partial charge is 0.283 e. The van der Waals surface area contributed by atoms with Crippen LogP contribution in [0.4, 0.5) is 17.2 Å². The number of aromatic nitrogens is 1. The number of nitrogens with zero attached hydrogens (tertiary/aromatic N) is 3. The van der Waals surface area contributed by atoms with E-state index in [9.17, 15) is 0 Å². The van der Waals surface area contributed by atoms with Crippen LogP contribution in [0.3, 0.4) is 0 Å². The lowest BCUT2D eigenvalue weighted by Crippen LogP contribution is -2.43. The molecule has 0 N–H and O–H groups in total. The maximum Gasteiger partial charge on any atom is 0.283 e. The van der Waals surface area contributed by atoms with Crippen molar-refractivity contribution in [2.75, 3.05) is 16.8 Å². The molecule has 2 aromatic rings. The van der Waals surface area contributed by atoms with Crippen LogP contribution in [0.2, 0.25) is 0 Å². The van der Waals surface area contributed by atoms with E-state index < -0.39 is 0 Å². The first kappa shape index (κ1) is 11.1. The van der Waals surface area contributed by atoms with Gasteiger partial charge in [0.15, 0.2) is 11.9 Å². The third-order valence-electron chi connectivity index (χ3n) is 3.73. The van der Waals surface area contributed by atoms with Crippen LogP contribution in [0.15, 0.2) is 48.7 Å². The maximum atomic E-state index is 2.37. The minimum Gasteiger partial charge on any atom is -0.333 e. The molecule has 0 radical (unpaired) electrons. The molecule has 0 spiro atoms. The van der Waals surface area contributed by atoms with Crippen molar-refractivity contribution in [2.24, 2.45) is 7.05 Å². The molecule has 0 saturated carbocycles. The molecule has 0 fully saturated rings. The highest BCUT2D eigenvalue weighted by atomic mass is 15.4. The molecule has 1 aromatic carbocycles. The topological polar surface area (TPSA) is 10.4 Å². The van der Waals surface area contributed by atoms with E-state index in [2.05, 4.69) is 84.0 Å². The number of pyridine rings is 1. The molecule has 0 bridgehead atoms. The highest BCUT2D eigenvalue weighted by Crippen LogP contribution is 2.41. The molecule has 1 aromatic heterocycles. The van der Waals surface area contributed by atoms with Crippen LogP contribution >= 0.6 is 0 Å². The van der Waals surface area contributed by atoms with E-state index >= 15 is 0 Å². The standard InChI is InChI=1S/C15H18N3/c1-12-17(3)13-8-4-5-9-14(13)18(12)15-10-6-7-11-16(15)2/h4-12H,1-3H3/q+1/t12-/m1/s1. The van der Waals surface area contributed by atoms with Gasteiger partial charge in [-0.25, -0.2) is 9.47 Å². The highest BCUT2D eigenvalue weighted by molar-refractivity contribution is 5.81. The third kappa shape index (κ3) is 1.47. The van der Waals surface area contributed by atoms with Gasteiger partial charge in [0.2, 0.25) is 0 Å². The van der Waals surface area contributed by atoms with Crippen molar-refractivity contribution in [3.8, 4) is 0 Å². The molecule has 92 valence electrons. The van der Waals surface area contributed by atoms with Crippen LogP contribution in [0, 0.1) is 0 Å². The van der Waals surface area contributed by atoms with Crippen LogP contribution in [0.5, 0.6) is 0 Å². The quantitative estimate of drug-likeness (QED) is 0.709. The zero-order chi connectivity index (χ0) is 12.7. The van der Waals surface area contributed by atoms with E-state index in [4.69, 9.17) is 0 Å². The Hall–Kier alpha value is -2.03. The lowest BCUT2D eigenvalue weighted by molar-refractivity contribution is -0.658. The van der Waals surface area contributed by atoms with Gasteiger partial charge in [-0.15, -0.1) is 0 Å². The Kier molecular flexibility index (Phi) is 2.47. The predicted octanol–water partition coefficient (Wildman–Crippen LogP) is 2.45. The van der Waals surface area contributed by atoms with Gasteiger partial charge in [0.1, 0.15) is 0 Å². The molecule has 1 aliphatic rings. The van der Waals surface area contributed by atoms with Gasteiger partial charge in [-0.05, 0) is 25.1 Å². The second kappa shape index (κ2) is 4.02. The van der Waals surface area contributed by atoms with Crippen molar-refractivity contribution < 1.29 is 4.57 Å².